The molecule has 0 aromatic rings. The van der Waals surface area contributed by atoms with E-state index >= 15 is 0 Å². The maximum atomic E-state index is 12.5. The van der Waals surface area contributed by atoms with Crippen LogP contribution in [-0.4, -0.2) is 43.3 Å². The van der Waals surface area contributed by atoms with Gasteiger partial charge in [0.1, 0.15) is 6.10 Å². The van der Waals surface area contributed by atoms with Crippen LogP contribution in [-0.2, 0) is 14.3 Å². The van der Waals surface area contributed by atoms with Crippen LogP contribution in [0.5, 0.6) is 0 Å². The molecule has 0 aromatic carbocycles. The van der Waals surface area contributed by atoms with Gasteiger partial charge in [0.2, 0.25) is 0 Å². The highest BCUT2D eigenvalue weighted by Crippen LogP contribution is 2.67. The fourth-order valence-electron chi connectivity index (χ4n) is 12.9. The van der Waals surface area contributed by atoms with Crippen molar-refractivity contribution in [1.82, 2.24) is 10.9 Å². The third kappa shape index (κ3) is 26.2. The van der Waals surface area contributed by atoms with Gasteiger partial charge in [0, 0.05) is 25.8 Å². The molecule has 2 N–H and O–H groups in total. The molecule has 408 valence electrons. The molecule has 69 heavy (non-hydrogen) atoms. The molecule has 4 aliphatic carbocycles. The highest BCUT2D eigenvalue weighted by atomic mass is 32.1. The Morgan fingerprint density at radius 1 is 0.783 bits per heavy atom. The van der Waals surface area contributed by atoms with Crippen molar-refractivity contribution in [2.24, 2.45) is 46.3 Å². The minimum atomic E-state index is 0. The van der Waals surface area contributed by atoms with Gasteiger partial charge in [-0.1, -0.05) is 184 Å². The number of unbranched alkanes of at least 4 members (excludes halogenated alkanes) is 12. The summed E-state index contributed by atoms with van der Waals surface area (Å²) < 4.78 is 12.1. The summed E-state index contributed by atoms with van der Waals surface area (Å²) in [7, 11) is 1.89. The molecule has 0 amide bonds. The van der Waals surface area contributed by atoms with Gasteiger partial charge in [-0.3, -0.25) is 15.6 Å². The summed E-state index contributed by atoms with van der Waals surface area (Å²) in [5, 5.41) is 0. The Labute approximate surface area is 443 Å². The first-order chi connectivity index (χ1) is 32.8. The molecule has 0 heterocycles. The van der Waals surface area contributed by atoms with Crippen LogP contribution in [0.2, 0.25) is 0 Å². The number of hydrazine groups is 1. The number of thiol groups is 2. The molecule has 4 aliphatic rings. The lowest BCUT2D eigenvalue weighted by Crippen LogP contribution is -2.51. The molecule has 3 fully saturated rings. The number of rotatable bonds is 33. The minimum Gasteiger partial charge on any atom is -0.495 e. The van der Waals surface area contributed by atoms with Gasteiger partial charge in [-0.05, 0) is 155 Å². The number of carbonyl (C=O) groups excluding carboxylic acids is 1. The SMILES string of the molecule is C.C=C(CCS)OC(CCCCCCCC)CCCCCCCC.C=CCCS.CC.CNNCCCCCC(=O)OC1CCC2(C)C(=CCC3C2CCC2(C)C(C(C)CCCC(C)C)CCC32)C1. The van der Waals surface area contributed by atoms with Crippen molar-refractivity contribution in [3.8, 4) is 0 Å². The van der Waals surface area contributed by atoms with E-state index in [4.69, 9.17) is 9.47 Å². The first kappa shape index (κ1) is 68.1. The average molecular weight is 1010 g/mol. The summed E-state index contributed by atoms with van der Waals surface area (Å²) in [6.07, 6.45) is 43.7. The maximum absolute atomic E-state index is 12.5. The molecule has 0 aliphatic heterocycles. The second-order valence-corrected chi connectivity index (χ2v) is 23.2. The zero-order valence-electron chi connectivity index (χ0n) is 46.8. The number of carbonyl (C=O) groups is 1. The first-order valence-corrected chi connectivity index (χ1v) is 30.6. The number of nitrogens with one attached hydrogen (secondary N) is 2. The molecule has 8 unspecified atom stereocenters. The molecule has 7 heteroatoms. The van der Waals surface area contributed by atoms with Crippen LogP contribution in [0, 0.1) is 46.3 Å². The number of esters is 1. The lowest BCUT2D eigenvalue weighted by molar-refractivity contribution is -0.151. The van der Waals surface area contributed by atoms with Crippen LogP contribution in [0.1, 0.15) is 269 Å². The Kier molecular flexibility index (Phi) is 40.9. The monoisotopic (exact) mass is 1000 g/mol. The summed E-state index contributed by atoms with van der Waals surface area (Å²) in [6, 6.07) is 0. The van der Waals surface area contributed by atoms with Crippen LogP contribution < -0.4 is 10.9 Å². The van der Waals surface area contributed by atoms with E-state index in [1.54, 1.807) is 5.57 Å². The van der Waals surface area contributed by atoms with E-state index in [0.717, 1.165) is 104 Å². The summed E-state index contributed by atoms with van der Waals surface area (Å²) in [5.74, 6) is 7.95. The maximum Gasteiger partial charge on any atom is 0.306 e. The Balaban J connectivity index is 0.00000128. The molecule has 4 rings (SSSR count). The van der Waals surface area contributed by atoms with Gasteiger partial charge in [0.25, 0.3) is 0 Å². The van der Waals surface area contributed by atoms with Crippen molar-refractivity contribution in [2.45, 2.75) is 281 Å². The molecule has 0 spiro atoms. The molecule has 8 atom stereocenters. The highest BCUT2D eigenvalue weighted by molar-refractivity contribution is 7.80. The normalized spacial score (nSPS) is 24.8. The Morgan fingerprint density at radius 3 is 1.97 bits per heavy atom. The number of allylic oxidation sites excluding steroid dienone is 3. The van der Waals surface area contributed by atoms with Gasteiger partial charge in [-0.15, -0.1) is 6.58 Å². The summed E-state index contributed by atoms with van der Waals surface area (Å²) in [4.78, 5) is 12.5. The van der Waals surface area contributed by atoms with E-state index in [9.17, 15) is 4.79 Å². The molecule has 0 bridgehead atoms. The summed E-state index contributed by atoms with van der Waals surface area (Å²) >= 11 is 8.21. The van der Waals surface area contributed by atoms with Crippen LogP contribution in [0.15, 0.2) is 36.6 Å². The van der Waals surface area contributed by atoms with Crippen molar-refractivity contribution < 1.29 is 14.3 Å². The van der Waals surface area contributed by atoms with Crippen molar-refractivity contribution in [2.75, 3.05) is 25.1 Å². The van der Waals surface area contributed by atoms with E-state index < -0.39 is 0 Å². The van der Waals surface area contributed by atoms with E-state index in [-0.39, 0.29) is 19.5 Å². The third-order valence-corrected chi connectivity index (χ3v) is 17.2. The van der Waals surface area contributed by atoms with Crippen LogP contribution in [0.4, 0.5) is 0 Å². The van der Waals surface area contributed by atoms with Crippen LogP contribution >= 0.6 is 25.3 Å². The Morgan fingerprint density at radius 2 is 1.41 bits per heavy atom. The van der Waals surface area contributed by atoms with E-state index in [2.05, 4.69) is 104 Å². The van der Waals surface area contributed by atoms with Crippen molar-refractivity contribution in [1.29, 1.82) is 0 Å². The molecule has 5 nitrogen and oxygen atoms in total. The van der Waals surface area contributed by atoms with Crippen LogP contribution in [0.3, 0.4) is 0 Å². The molecule has 3 saturated carbocycles. The fraction of sp³-hybridized carbons (Fsp3) is 0.887. The van der Waals surface area contributed by atoms with Gasteiger partial charge in [0.05, 0.1) is 11.9 Å². The summed E-state index contributed by atoms with van der Waals surface area (Å²) in [6.45, 7) is 29.6. The predicted octanol–water partition coefficient (Wildman–Crippen LogP) is 19.1. The highest BCUT2D eigenvalue weighted by Gasteiger charge is 2.59. The van der Waals surface area contributed by atoms with Gasteiger partial charge in [-0.25, -0.2) is 0 Å². The zero-order valence-corrected chi connectivity index (χ0v) is 48.6. The van der Waals surface area contributed by atoms with Gasteiger partial charge >= 0.3 is 5.97 Å². The average Bonchev–Trinajstić information content (AvgIpc) is 3.68. The van der Waals surface area contributed by atoms with Crippen molar-refractivity contribution in [3.63, 3.8) is 0 Å². The van der Waals surface area contributed by atoms with E-state index in [1.165, 1.54) is 148 Å². The minimum absolute atomic E-state index is 0. The third-order valence-electron chi connectivity index (χ3n) is 16.7. The number of fused-ring (bicyclic) bond motifs is 5. The quantitative estimate of drug-likeness (QED) is 0.0132. The smallest absolute Gasteiger partial charge is 0.306 e. The van der Waals surface area contributed by atoms with Gasteiger partial charge in [0.15, 0.2) is 0 Å². The largest absolute Gasteiger partial charge is 0.495 e. The van der Waals surface area contributed by atoms with Crippen molar-refractivity contribution >= 4 is 31.2 Å². The number of ether oxygens (including phenoxy) is 2. The number of hydrogen-bond donors (Lipinski definition) is 4. The Hall–Kier alpha value is -0.890. The molecular weight excluding hydrogens is 885 g/mol. The second kappa shape index (κ2) is 41.5. The molecule has 0 saturated heterocycles. The molecule has 0 radical (unpaired) electrons. The topological polar surface area (TPSA) is 59.6 Å². The Bertz CT molecular complexity index is 1290. The lowest BCUT2D eigenvalue weighted by Gasteiger charge is -2.58. The van der Waals surface area contributed by atoms with Gasteiger partial charge < -0.3 is 9.47 Å². The first-order valence-electron chi connectivity index (χ1n) is 29.3. The van der Waals surface area contributed by atoms with E-state index in [0.29, 0.717) is 23.4 Å². The van der Waals surface area contributed by atoms with Crippen molar-refractivity contribution in [3.05, 3.63) is 36.6 Å². The fourth-order valence-corrected chi connectivity index (χ4v) is 13.3. The van der Waals surface area contributed by atoms with Crippen LogP contribution in [0.25, 0.3) is 0 Å². The predicted molar refractivity (Wildman–Crippen MR) is 314 cm³/mol. The van der Waals surface area contributed by atoms with Gasteiger partial charge in [-0.2, -0.15) is 25.3 Å². The number of hydrogen-bond acceptors (Lipinski definition) is 7. The standard InChI is InChI=1S/C34H60N2O2.C21H42OS.C4H8S.C2H6.CH4/c1-24(2)11-10-12-25(3)29-16-17-30-28-15-14-26-23-27(38-32(37)13-8-7-9-22-36-35-6)18-20-33(26,4)31(28)19-21-34(29,30)5;1-4-6-8-10-12-14-16-21(22-20(3)18-19-23)17-15-13-11-9-7-5-2;1-2-3-4-5;1-2;/h14,24-25,27-31,35-36H,7-13,15-23H2,1-6H3;21,23H,3-19H2,1-2H3;2,5H,1,3-4H2;1-2H3;1H4. The molecule has 0 aromatic heterocycles. The van der Waals surface area contributed by atoms with E-state index in [1.807, 2.05) is 27.0 Å². The lowest BCUT2D eigenvalue weighted by atomic mass is 9.47. The molecular formula is C62H120N2O3S2. The second-order valence-electron chi connectivity index (χ2n) is 22.3. The zero-order chi connectivity index (χ0) is 50.6. The summed E-state index contributed by atoms with van der Waals surface area (Å²) in [5.41, 5.74) is 8.56.